The fourth-order valence-electron chi connectivity index (χ4n) is 1.91. The first-order chi connectivity index (χ1) is 8.82. The van der Waals surface area contributed by atoms with Crippen molar-refractivity contribution in [2.45, 2.75) is 17.1 Å². The Morgan fingerprint density at radius 1 is 1.37 bits per heavy atom. The van der Waals surface area contributed by atoms with Crippen molar-refractivity contribution in [2.24, 2.45) is 0 Å². The van der Waals surface area contributed by atoms with Gasteiger partial charge < -0.3 is 0 Å². The highest BCUT2D eigenvalue weighted by Gasteiger charge is 2.32. The smallest absolute Gasteiger partial charge is 0.207 e. The van der Waals surface area contributed by atoms with Crippen LogP contribution in [0.25, 0.3) is 0 Å². The monoisotopic (exact) mass is 403 g/mol. The van der Waals surface area contributed by atoms with Crippen molar-refractivity contribution in [3.63, 3.8) is 0 Å². The number of hydrogen-bond donors (Lipinski definition) is 0. The van der Waals surface area contributed by atoms with Crippen LogP contribution >= 0.6 is 50.9 Å². The molecule has 1 unspecified atom stereocenters. The molecule has 0 spiro atoms. The molecule has 1 aliphatic rings. The Bertz CT molecular complexity index is 571. The van der Waals surface area contributed by atoms with E-state index in [0.717, 1.165) is 5.75 Å². The molecule has 106 valence electrons. The maximum absolute atomic E-state index is 12.6. The maximum Gasteiger partial charge on any atom is 0.246 e. The van der Waals surface area contributed by atoms with E-state index in [4.69, 9.17) is 23.2 Å². The van der Waals surface area contributed by atoms with E-state index in [1.807, 2.05) is 6.92 Å². The second-order valence-corrected chi connectivity index (χ2v) is 9.39. The third kappa shape index (κ3) is 3.41. The molecule has 8 heteroatoms. The lowest BCUT2D eigenvalue weighted by atomic mass is 10.4. The summed E-state index contributed by atoms with van der Waals surface area (Å²) in [5.41, 5.74) is 0. The zero-order chi connectivity index (χ0) is 14.2. The average Bonchev–Trinajstić information content (AvgIpc) is 2.26. The van der Waals surface area contributed by atoms with E-state index >= 15 is 0 Å². The van der Waals surface area contributed by atoms with E-state index in [1.54, 1.807) is 23.9 Å². The van der Waals surface area contributed by atoms with Crippen LogP contribution in [0.4, 0.5) is 0 Å². The zero-order valence-corrected chi connectivity index (χ0v) is 14.8. The minimum absolute atomic E-state index is 0.00173. The topological polar surface area (TPSA) is 37.4 Å². The summed E-state index contributed by atoms with van der Waals surface area (Å²) < 4.78 is 27.3. The summed E-state index contributed by atoms with van der Waals surface area (Å²) in [6.45, 7) is 2.98. The summed E-state index contributed by atoms with van der Waals surface area (Å²) in [6.07, 6.45) is 0. The fourth-order valence-corrected chi connectivity index (χ4v) is 6.55. The highest BCUT2D eigenvalue weighted by molar-refractivity contribution is 9.10. The highest BCUT2D eigenvalue weighted by Crippen LogP contribution is 2.35. The first-order valence-electron chi connectivity index (χ1n) is 5.58. The standard InChI is InChI=1S/C11H12BrCl2NO2S2/c1-7-6-15(2-3-18-7)19(16,17)11-9(13)4-8(12)5-10(11)14/h4-5,7H,2-3,6H2,1H3. The number of thioether (sulfide) groups is 1. The van der Waals surface area contributed by atoms with Crippen molar-refractivity contribution in [3.05, 3.63) is 26.7 Å². The first-order valence-corrected chi connectivity index (χ1v) is 9.62. The summed E-state index contributed by atoms with van der Waals surface area (Å²) in [6, 6.07) is 3.09. The first kappa shape index (κ1) is 15.9. The number of rotatable bonds is 2. The second kappa shape index (κ2) is 6.12. The molecule has 1 aromatic rings. The van der Waals surface area contributed by atoms with Gasteiger partial charge in [-0.25, -0.2) is 8.42 Å². The van der Waals surface area contributed by atoms with Crippen LogP contribution in [0.5, 0.6) is 0 Å². The van der Waals surface area contributed by atoms with Crippen LogP contribution in [0.2, 0.25) is 10.0 Å². The predicted octanol–water partition coefficient (Wildman–Crippen LogP) is 3.88. The number of nitrogens with zero attached hydrogens (tertiary/aromatic N) is 1. The van der Waals surface area contributed by atoms with Gasteiger partial charge in [0.25, 0.3) is 0 Å². The van der Waals surface area contributed by atoms with E-state index < -0.39 is 10.0 Å². The van der Waals surface area contributed by atoms with Crippen LogP contribution in [0.3, 0.4) is 0 Å². The molecule has 3 nitrogen and oxygen atoms in total. The lowest BCUT2D eigenvalue weighted by molar-refractivity contribution is 0.424. The molecule has 1 fully saturated rings. The maximum atomic E-state index is 12.6. The second-order valence-electron chi connectivity index (χ2n) is 4.24. The molecule has 0 aromatic heterocycles. The molecule has 1 saturated heterocycles. The van der Waals surface area contributed by atoms with Gasteiger partial charge >= 0.3 is 0 Å². The van der Waals surface area contributed by atoms with Crippen molar-refractivity contribution in [2.75, 3.05) is 18.8 Å². The van der Waals surface area contributed by atoms with E-state index in [-0.39, 0.29) is 20.2 Å². The number of hydrogen-bond acceptors (Lipinski definition) is 3. The molecular formula is C11H12BrCl2NO2S2. The molecular weight excluding hydrogens is 393 g/mol. The van der Waals surface area contributed by atoms with Gasteiger partial charge in [-0.15, -0.1) is 0 Å². The molecule has 0 N–H and O–H groups in total. The molecule has 0 aliphatic carbocycles. The van der Waals surface area contributed by atoms with E-state index in [9.17, 15) is 8.42 Å². The largest absolute Gasteiger partial charge is 0.246 e. The summed E-state index contributed by atoms with van der Waals surface area (Å²) in [4.78, 5) is -0.00173. The Morgan fingerprint density at radius 3 is 2.47 bits per heavy atom. The van der Waals surface area contributed by atoms with Crippen LogP contribution in [0.1, 0.15) is 6.92 Å². The van der Waals surface area contributed by atoms with Crippen LogP contribution < -0.4 is 0 Å². The Morgan fingerprint density at radius 2 is 1.95 bits per heavy atom. The molecule has 1 atom stereocenters. The van der Waals surface area contributed by atoms with E-state index in [2.05, 4.69) is 15.9 Å². The van der Waals surface area contributed by atoms with Crippen LogP contribution in [-0.2, 0) is 10.0 Å². The Labute approximate surface area is 135 Å². The number of benzene rings is 1. The molecule has 0 amide bonds. The van der Waals surface area contributed by atoms with Gasteiger partial charge in [0.1, 0.15) is 4.90 Å². The molecule has 1 aliphatic heterocycles. The predicted molar refractivity (Wildman–Crippen MR) is 84.8 cm³/mol. The van der Waals surface area contributed by atoms with E-state index in [1.165, 1.54) is 4.31 Å². The van der Waals surface area contributed by atoms with Crippen molar-refractivity contribution in [1.29, 1.82) is 0 Å². The summed E-state index contributed by atoms with van der Waals surface area (Å²) >= 11 is 17.1. The van der Waals surface area contributed by atoms with Gasteiger partial charge in [-0.1, -0.05) is 46.1 Å². The minimum atomic E-state index is -3.64. The lowest BCUT2D eigenvalue weighted by Crippen LogP contribution is -2.41. The summed E-state index contributed by atoms with van der Waals surface area (Å²) in [5, 5.41) is 0.562. The average molecular weight is 405 g/mol. The summed E-state index contributed by atoms with van der Waals surface area (Å²) in [7, 11) is -3.64. The highest BCUT2D eigenvalue weighted by atomic mass is 79.9. The van der Waals surface area contributed by atoms with Crippen molar-refractivity contribution in [1.82, 2.24) is 4.31 Å². The quantitative estimate of drug-likeness (QED) is 0.750. The van der Waals surface area contributed by atoms with Gasteiger partial charge in [0.2, 0.25) is 10.0 Å². The molecule has 19 heavy (non-hydrogen) atoms. The summed E-state index contributed by atoms with van der Waals surface area (Å²) in [5.74, 6) is 0.784. The van der Waals surface area contributed by atoms with Crippen LogP contribution in [0.15, 0.2) is 21.5 Å². The van der Waals surface area contributed by atoms with Crippen molar-refractivity contribution in [3.8, 4) is 0 Å². The third-order valence-corrected chi connectivity index (χ3v) is 7.15. The SMILES string of the molecule is CC1CN(S(=O)(=O)c2c(Cl)cc(Br)cc2Cl)CCS1. The molecule has 0 saturated carbocycles. The minimum Gasteiger partial charge on any atom is -0.207 e. The van der Waals surface area contributed by atoms with Gasteiger partial charge in [-0.2, -0.15) is 16.1 Å². The third-order valence-electron chi connectivity index (χ3n) is 2.76. The molecule has 0 radical (unpaired) electrons. The van der Waals surface area contributed by atoms with Crippen molar-refractivity contribution >= 4 is 60.9 Å². The Hall–Kier alpha value is 0.540. The fraction of sp³-hybridized carbons (Fsp3) is 0.455. The lowest BCUT2D eigenvalue weighted by Gasteiger charge is -2.30. The van der Waals surface area contributed by atoms with Gasteiger partial charge in [0, 0.05) is 28.6 Å². The Balaban J connectivity index is 2.45. The van der Waals surface area contributed by atoms with Gasteiger partial charge in [0.15, 0.2) is 0 Å². The number of halogens is 3. The number of sulfonamides is 1. The molecule has 0 bridgehead atoms. The van der Waals surface area contributed by atoms with Crippen LogP contribution in [0, 0.1) is 0 Å². The molecule has 1 aromatic carbocycles. The van der Waals surface area contributed by atoms with Gasteiger partial charge in [-0.3, -0.25) is 0 Å². The van der Waals surface area contributed by atoms with E-state index in [0.29, 0.717) is 17.6 Å². The molecule has 1 heterocycles. The van der Waals surface area contributed by atoms with Crippen LogP contribution in [-0.4, -0.2) is 36.8 Å². The zero-order valence-electron chi connectivity index (χ0n) is 10.1. The normalized spacial score (nSPS) is 21.6. The Kier molecular flexibility index (Phi) is 5.12. The molecule has 2 rings (SSSR count). The van der Waals surface area contributed by atoms with Gasteiger partial charge in [-0.05, 0) is 12.1 Å². The van der Waals surface area contributed by atoms with Gasteiger partial charge in [0.05, 0.1) is 10.0 Å². The van der Waals surface area contributed by atoms with Crippen molar-refractivity contribution < 1.29 is 8.42 Å².